The fourth-order valence-electron chi connectivity index (χ4n) is 4.22. The van der Waals surface area contributed by atoms with Crippen molar-refractivity contribution in [3.05, 3.63) is 88.8 Å². The second-order valence-electron chi connectivity index (χ2n) is 8.09. The number of H-pyrrole nitrogens is 1. The zero-order valence-electron chi connectivity index (χ0n) is 17.1. The van der Waals surface area contributed by atoms with E-state index in [0.717, 1.165) is 40.3 Å². The molecule has 150 valence electrons. The highest BCUT2D eigenvalue weighted by molar-refractivity contribution is 5.80. The van der Waals surface area contributed by atoms with Gasteiger partial charge >= 0.3 is 0 Å². The van der Waals surface area contributed by atoms with Crippen molar-refractivity contribution in [3.63, 3.8) is 0 Å². The molecule has 0 unspecified atom stereocenters. The van der Waals surface area contributed by atoms with Crippen LogP contribution < -0.4 is 11.1 Å². The van der Waals surface area contributed by atoms with Crippen LogP contribution in [0.25, 0.3) is 16.7 Å². The van der Waals surface area contributed by atoms with E-state index < -0.39 is 0 Å². The van der Waals surface area contributed by atoms with Crippen LogP contribution in [0.4, 0.5) is 11.6 Å². The van der Waals surface area contributed by atoms with Crippen LogP contribution in [-0.2, 0) is 19.3 Å². The van der Waals surface area contributed by atoms with Crippen molar-refractivity contribution >= 4 is 28.4 Å². The summed E-state index contributed by atoms with van der Waals surface area (Å²) in [5, 5.41) is 3.43. The van der Waals surface area contributed by atoms with E-state index in [4.69, 9.17) is 10.7 Å². The zero-order valence-corrected chi connectivity index (χ0v) is 17.1. The van der Waals surface area contributed by atoms with E-state index in [1.807, 2.05) is 12.1 Å². The maximum Gasteiger partial charge on any atom is 0.205 e. The van der Waals surface area contributed by atoms with E-state index in [9.17, 15) is 0 Å². The first-order chi connectivity index (χ1) is 14.5. The van der Waals surface area contributed by atoms with Crippen LogP contribution in [0.15, 0.2) is 55.2 Å². The molecule has 2 aromatic carbocycles. The number of benzene rings is 2. The SMILES string of the molecule is C=C(N)c1cc(Cc2cc3nc(Nc4ccc5c(c4)CCC5)[nH]c3cc2C)ccn1. The molecule has 30 heavy (non-hydrogen) atoms. The van der Waals surface area contributed by atoms with Crippen molar-refractivity contribution in [1.29, 1.82) is 0 Å². The molecule has 1 aliphatic rings. The maximum absolute atomic E-state index is 5.80. The molecule has 5 nitrogen and oxygen atoms in total. The van der Waals surface area contributed by atoms with E-state index in [2.05, 4.69) is 59.1 Å². The standard InChI is InChI=1S/C25H25N5/c1-15-10-23-24(14-20(15)11-17-8-9-27-22(12-17)16(2)26)30-25(29-23)28-21-7-6-18-4-3-5-19(18)13-21/h6-10,12-14H,2-5,11,26H2,1H3,(H2,28,29,30). The summed E-state index contributed by atoms with van der Waals surface area (Å²) in [5.74, 6) is 0.769. The Kier molecular flexibility index (Phi) is 4.51. The summed E-state index contributed by atoms with van der Waals surface area (Å²) in [4.78, 5) is 12.5. The average Bonchev–Trinajstić information content (AvgIpc) is 3.34. The molecule has 0 atom stereocenters. The monoisotopic (exact) mass is 395 g/mol. The summed E-state index contributed by atoms with van der Waals surface area (Å²) in [5.41, 5.74) is 16.6. The lowest BCUT2D eigenvalue weighted by Gasteiger charge is -2.07. The third-order valence-corrected chi connectivity index (χ3v) is 5.85. The summed E-state index contributed by atoms with van der Waals surface area (Å²) in [7, 11) is 0. The fraction of sp³-hybridized carbons (Fsp3) is 0.200. The second-order valence-corrected chi connectivity index (χ2v) is 8.09. The number of aromatic nitrogens is 3. The number of anilines is 2. The molecule has 5 rings (SSSR count). The van der Waals surface area contributed by atoms with Gasteiger partial charge in [0, 0.05) is 11.9 Å². The molecule has 4 aromatic rings. The third-order valence-electron chi connectivity index (χ3n) is 5.85. The van der Waals surface area contributed by atoms with E-state index >= 15 is 0 Å². The van der Waals surface area contributed by atoms with Crippen LogP contribution in [-0.4, -0.2) is 15.0 Å². The molecule has 0 amide bonds. The van der Waals surface area contributed by atoms with Gasteiger partial charge in [0.1, 0.15) is 0 Å². The second kappa shape index (κ2) is 7.34. The number of pyridine rings is 1. The lowest BCUT2D eigenvalue weighted by Crippen LogP contribution is -1.99. The van der Waals surface area contributed by atoms with Crippen molar-refractivity contribution in [2.24, 2.45) is 5.73 Å². The van der Waals surface area contributed by atoms with Crippen LogP contribution >= 0.6 is 0 Å². The van der Waals surface area contributed by atoms with Crippen molar-refractivity contribution < 1.29 is 0 Å². The van der Waals surface area contributed by atoms with Gasteiger partial charge in [0.2, 0.25) is 5.95 Å². The minimum atomic E-state index is 0.485. The molecule has 0 saturated heterocycles. The highest BCUT2D eigenvalue weighted by atomic mass is 15.1. The van der Waals surface area contributed by atoms with Crippen LogP contribution in [0.5, 0.6) is 0 Å². The first-order valence-corrected chi connectivity index (χ1v) is 10.3. The molecule has 1 aliphatic carbocycles. The van der Waals surface area contributed by atoms with Crippen molar-refractivity contribution in [2.45, 2.75) is 32.6 Å². The molecule has 0 saturated carbocycles. The third kappa shape index (κ3) is 3.54. The Balaban J connectivity index is 1.41. The number of nitrogens with two attached hydrogens (primary N) is 1. The van der Waals surface area contributed by atoms with Crippen LogP contribution in [0.3, 0.4) is 0 Å². The van der Waals surface area contributed by atoms with Gasteiger partial charge < -0.3 is 16.0 Å². The van der Waals surface area contributed by atoms with Gasteiger partial charge in [-0.1, -0.05) is 12.6 Å². The Morgan fingerprint density at radius 2 is 2.00 bits per heavy atom. The van der Waals surface area contributed by atoms with E-state index in [-0.39, 0.29) is 0 Å². The summed E-state index contributed by atoms with van der Waals surface area (Å²) in [6.07, 6.45) is 6.20. The molecule has 2 heterocycles. The first kappa shape index (κ1) is 18.4. The number of rotatable bonds is 5. The summed E-state index contributed by atoms with van der Waals surface area (Å²) < 4.78 is 0. The maximum atomic E-state index is 5.80. The predicted molar refractivity (Wildman–Crippen MR) is 123 cm³/mol. The number of hydrogen-bond donors (Lipinski definition) is 3. The van der Waals surface area contributed by atoms with Crippen LogP contribution in [0.1, 0.15) is 39.9 Å². The Morgan fingerprint density at radius 1 is 1.13 bits per heavy atom. The molecule has 5 heteroatoms. The quantitative estimate of drug-likeness (QED) is 0.443. The Hall–Kier alpha value is -3.60. The smallest absolute Gasteiger partial charge is 0.205 e. The fourth-order valence-corrected chi connectivity index (χ4v) is 4.22. The average molecular weight is 396 g/mol. The van der Waals surface area contributed by atoms with Gasteiger partial charge in [0.25, 0.3) is 0 Å². The van der Waals surface area contributed by atoms with E-state index in [1.165, 1.54) is 41.5 Å². The lowest BCUT2D eigenvalue weighted by atomic mass is 10.00. The first-order valence-electron chi connectivity index (χ1n) is 10.3. The molecule has 0 bridgehead atoms. The number of nitrogens with one attached hydrogen (secondary N) is 2. The largest absolute Gasteiger partial charge is 0.397 e. The van der Waals surface area contributed by atoms with Gasteiger partial charge in [-0.15, -0.1) is 0 Å². The highest BCUT2D eigenvalue weighted by Gasteiger charge is 2.12. The molecular formula is C25H25N5. The van der Waals surface area contributed by atoms with Gasteiger partial charge in [0.15, 0.2) is 0 Å². The molecule has 0 spiro atoms. The molecule has 0 fully saturated rings. The van der Waals surface area contributed by atoms with E-state index in [0.29, 0.717) is 5.70 Å². The normalized spacial score (nSPS) is 12.8. The molecular weight excluding hydrogens is 370 g/mol. The number of fused-ring (bicyclic) bond motifs is 2. The molecule has 0 radical (unpaired) electrons. The lowest BCUT2D eigenvalue weighted by molar-refractivity contribution is 0.912. The van der Waals surface area contributed by atoms with Gasteiger partial charge in [0.05, 0.1) is 22.4 Å². The van der Waals surface area contributed by atoms with Gasteiger partial charge in [-0.2, -0.15) is 0 Å². The van der Waals surface area contributed by atoms with Crippen molar-refractivity contribution in [2.75, 3.05) is 5.32 Å². The zero-order chi connectivity index (χ0) is 20.7. The van der Waals surface area contributed by atoms with Gasteiger partial charge in [-0.05, 0) is 96.8 Å². The van der Waals surface area contributed by atoms with Crippen molar-refractivity contribution in [3.8, 4) is 0 Å². The summed E-state index contributed by atoms with van der Waals surface area (Å²) in [6, 6.07) is 15.0. The highest BCUT2D eigenvalue weighted by Crippen LogP contribution is 2.27. The molecule has 0 aliphatic heterocycles. The van der Waals surface area contributed by atoms with Crippen LogP contribution in [0, 0.1) is 6.92 Å². The number of aromatic amines is 1. The van der Waals surface area contributed by atoms with Gasteiger partial charge in [-0.25, -0.2) is 4.98 Å². The Morgan fingerprint density at radius 3 is 2.87 bits per heavy atom. The molecule has 4 N–H and O–H groups in total. The Bertz CT molecular complexity index is 1270. The topological polar surface area (TPSA) is 79.6 Å². The summed E-state index contributed by atoms with van der Waals surface area (Å²) >= 11 is 0. The minimum absolute atomic E-state index is 0.485. The van der Waals surface area contributed by atoms with Gasteiger partial charge in [-0.3, -0.25) is 4.98 Å². The minimum Gasteiger partial charge on any atom is -0.397 e. The Labute approximate surface area is 176 Å². The molecule has 2 aromatic heterocycles. The number of aryl methyl sites for hydroxylation is 3. The number of imidazole rings is 1. The number of hydrogen-bond acceptors (Lipinski definition) is 4. The number of nitrogens with zero attached hydrogens (tertiary/aromatic N) is 2. The van der Waals surface area contributed by atoms with Crippen molar-refractivity contribution in [1.82, 2.24) is 15.0 Å². The summed E-state index contributed by atoms with van der Waals surface area (Å²) in [6.45, 7) is 5.91. The van der Waals surface area contributed by atoms with E-state index in [1.54, 1.807) is 6.20 Å². The van der Waals surface area contributed by atoms with Crippen LogP contribution in [0.2, 0.25) is 0 Å². The predicted octanol–water partition coefficient (Wildman–Crippen LogP) is 5.02.